The minimum absolute atomic E-state index is 0.0224. The first-order valence-corrected chi connectivity index (χ1v) is 7.24. The quantitative estimate of drug-likeness (QED) is 0.677. The molecular formula is C11H21NO4S. The van der Waals surface area contributed by atoms with Gasteiger partial charge in [0, 0.05) is 23.5 Å². The third kappa shape index (κ3) is 7.10. The molecule has 0 aliphatic heterocycles. The van der Waals surface area contributed by atoms with Crippen LogP contribution in [-0.2, 0) is 20.4 Å². The summed E-state index contributed by atoms with van der Waals surface area (Å²) in [6.07, 6.45) is 1.86. The molecule has 1 amide bonds. The van der Waals surface area contributed by atoms with E-state index in [2.05, 4.69) is 5.32 Å². The van der Waals surface area contributed by atoms with Crippen molar-refractivity contribution in [2.24, 2.45) is 5.92 Å². The molecule has 5 nitrogen and oxygen atoms in total. The van der Waals surface area contributed by atoms with Crippen molar-refractivity contribution >= 4 is 22.7 Å². The van der Waals surface area contributed by atoms with Crippen LogP contribution < -0.4 is 5.32 Å². The van der Waals surface area contributed by atoms with Gasteiger partial charge in [-0.25, -0.2) is 4.79 Å². The van der Waals surface area contributed by atoms with E-state index in [0.717, 1.165) is 12.8 Å². The van der Waals surface area contributed by atoms with Crippen LogP contribution in [0.25, 0.3) is 0 Å². The zero-order valence-corrected chi connectivity index (χ0v) is 11.4. The molecule has 0 aromatic heterocycles. The zero-order chi connectivity index (χ0) is 13.4. The number of hydrogen-bond acceptors (Lipinski definition) is 3. The van der Waals surface area contributed by atoms with Gasteiger partial charge >= 0.3 is 5.97 Å². The Balaban J connectivity index is 4.30. The number of rotatable bonds is 8. The Morgan fingerprint density at radius 2 is 1.76 bits per heavy atom. The Kier molecular flexibility index (Phi) is 7.78. The van der Waals surface area contributed by atoms with Gasteiger partial charge in [-0.05, 0) is 5.92 Å². The molecule has 0 heterocycles. The predicted octanol–water partition coefficient (Wildman–Crippen LogP) is 0.761. The molecule has 100 valence electrons. The van der Waals surface area contributed by atoms with Gasteiger partial charge in [0.15, 0.2) is 0 Å². The second-order valence-corrected chi connectivity index (χ2v) is 5.59. The molecule has 0 aromatic carbocycles. The fourth-order valence-corrected chi connectivity index (χ4v) is 3.19. The van der Waals surface area contributed by atoms with E-state index in [1.807, 2.05) is 13.8 Å². The topological polar surface area (TPSA) is 83.5 Å². The van der Waals surface area contributed by atoms with Crippen LogP contribution in [0.15, 0.2) is 0 Å². The van der Waals surface area contributed by atoms with Crippen LogP contribution in [-0.4, -0.2) is 38.7 Å². The normalized spacial score (nSPS) is 14.4. The fraction of sp³-hybridized carbons (Fsp3) is 0.818. The molecule has 6 heteroatoms. The number of carbonyl (C=O) groups is 2. The standard InChI is InChI=1S/C11H21NO4S/c1-4-9(5-2)6-17(16)7-10(11(14)15)12-8(3)13/h9-10H,4-7H2,1-3H3,(H,12,13)(H,14,15). The first-order valence-electron chi connectivity index (χ1n) is 5.75. The van der Waals surface area contributed by atoms with Crippen molar-refractivity contribution in [1.29, 1.82) is 0 Å². The SMILES string of the molecule is CCC(CC)CS(=O)CC(NC(C)=O)C(=O)O. The maximum Gasteiger partial charge on any atom is 0.327 e. The van der Waals surface area contributed by atoms with E-state index in [0.29, 0.717) is 11.7 Å². The lowest BCUT2D eigenvalue weighted by Gasteiger charge is -2.15. The van der Waals surface area contributed by atoms with E-state index in [4.69, 9.17) is 5.11 Å². The molecule has 2 unspecified atom stereocenters. The van der Waals surface area contributed by atoms with Gasteiger partial charge in [0.1, 0.15) is 6.04 Å². The molecule has 0 saturated carbocycles. The monoisotopic (exact) mass is 263 g/mol. The summed E-state index contributed by atoms with van der Waals surface area (Å²) in [4.78, 5) is 21.6. The largest absolute Gasteiger partial charge is 0.480 e. The molecule has 0 rings (SSSR count). The van der Waals surface area contributed by atoms with Crippen LogP contribution >= 0.6 is 0 Å². The Hall–Kier alpha value is -0.910. The van der Waals surface area contributed by atoms with E-state index in [1.54, 1.807) is 0 Å². The average molecular weight is 263 g/mol. The Morgan fingerprint density at radius 3 is 2.12 bits per heavy atom. The Bertz CT molecular complexity index is 289. The molecule has 0 aliphatic rings. The second-order valence-electron chi connectivity index (χ2n) is 4.05. The van der Waals surface area contributed by atoms with Crippen LogP contribution in [0.2, 0.25) is 0 Å². The van der Waals surface area contributed by atoms with Gasteiger partial charge in [-0.1, -0.05) is 26.7 Å². The number of aliphatic carboxylic acids is 1. The van der Waals surface area contributed by atoms with Gasteiger partial charge in [-0.2, -0.15) is 0 Å². The van der Waals surface area contributed by atoms with Gasteiger partial charge in [-0.3, -0.25) is 9.00 Å². The summed E-state index contributed by atoms with van der Waals surface area (Å²) in [7, 11) is -1.21. The van der Waals surface area contributed by atoms with Crippen molar-refractivity contribution in [1.82, 2.24) is 5.32 Å². The minimum Gasteiger partial charge on any atom is -0.480 e. The highest BCUT2D eigenvalue weighted by molar-refractivity contribution is 7.85. The molecule has 0 radical (unpaired) electrons. The molecule has 0 aliphatic carbocycles. The van der Waals surface area contributed by atoms with Crippen LogP contribution in [0.4, 0.5) is 0 Å². The van der Waals surface area contributed by atoms with Gasteiger partial charge < -0.3 is 10.4 Å². The predicted molar refractivity (Wildman–Crippen MR) is 67.2 cm³/mol. The van der Waals surface area contributed by atoms with Crippen LogP contribution in [0, 0.1) is 5.92 Å². The summed E-state index contributed by atoms with van der Waals surface area (Å²) in [6.45, 7) is 5.29. The summed E-state index contributed by atoms with van der Waals surface area (Å²) in [5.74, 6) is -0.737. The summed E-state index contributed by atoms with van der Waals surface area (Å²) in [6, 6.07) is -1.05. The lowest BCUT2D eigenvalue weighted by molar-refractivity contribution is -0.140. The number of carboxylic acids is 1. The van der Waals surface area contributed by atoms with E-state index in [-0.39, 0.29) is 5.75 Å². The summed E-state index contributed by atoms with van der Waals surface area (Å²) in [5, 5.41) is 11.2. The number of hydrogen-bond donors (Lipinski definition) is 2. The van der Waals surface area contributed by atoms with E-state index >= 15 is 0 Å². The van der Waals surface area contributed by atoms with Crippen LogP contribution in [0.1, 0.15) is 33.6 Å². The minimum atomic E-state index is -1.21. The highest BCUT2D eigenvalue weighted by atomic mass is 32.2. The third-order valence-corrected chi connectivity index (χ3v) is 4.15. The summed E-state index contributed by atoms with van der Waals surface area (Å²) >= 11 is 0. The number of carboxylic acid groups (broad SMARTS) is 1. The Labute approximate surface area is 104 Å². The molecule has 0 saturated heterocycles. The molecule has 0 bridgehead atoms. The van der Waals surface area contributed by atoms with Gasteiger partial charge in [0.05, 0.1) is 5.75 Å². The maximum absolute atomic E-state index is 11.8. The van der Waals surface area contributed by atoms with Crippen molar-refractivity contribution < 1.29 is 18.9 Å². The second kappa shape index (κ2) is 8.22. The smallest absolute Gasteiger partial charge is 0.327 e. The first-order chi connectivity index (χ1) is 7.90. The summed E-state index contributed by atoms with van der Waals surface area (Å²) in [5.41, 5.74) is 0. The summed E-state index contributed by atoms with van der Waals surface area (Å²) < 4.78 is 11.8. The molecule has 17 heavy (non-hydrogen) atoms. The van der Waals surface area contributed by atoms with Gasteiger partial charge in [0.2, 0.25) is 5.91 Å². The van der Waals surface area contributed by atoms with Crippen molar-refractivity contribution in [2.45, 2.75) is 39.7 Å². The molecule has 0 aromatic rings. The van der Waals surface area contributed by atoms with Gasteiger partial charge in [0.25, 0.3) is 0 Å². The first kappa shape index (κ1) is 16.1. The molecule has 2 N–H and O–H groups in total. The molecule has 2 atom stereocenters. The molecule has 0 spiro atoms. The highest BCUT2D eigenvalue weighted by Crippen LogP contribution is 2.09. The molecular weight excluding hydrogens is 242 g/mol. The van der Waals surface area contributed by atoms with Gasteiger partial charge in [-0.15, -0.1) is 0 Å². The zero-order valence-electron chi connectivity index (χ0n) is 10.6. The highest BCUT2D eigenvalue weighted by Gasteiger charge is 2.22. The lowest BCUT2D eigenvalue weighted by Crippen LogP contribution is -2.43. The lowest BCUT2D eigenvalue weighted by atomic mass is 10.1. The average Bonchev–Trinajstić information content (AvgIpc) is 2.24. The van der Waals surface area contributed by atoms with Crippen LogP contribution in [0.5, 0.6) is 0 Å². The Morgan fingerprint density at radius 1 is 1.24 bits per heavy atom. The number of carbonyl (C=O) groups excluding carboxylic acids is 1. The van der Waals surface area contributed by atoms with Crippen molar-refractivity contribution in [3.05, 3.63) is 0 Å². The number of amides is 1. The third-order valence-electron chi connectivity index (χ3n) is 2.60. The fourth-order valence-electron chi connectivity index (χ4n) is 1.46. The van der Waals surface area contributed by atoms with Crippen molar-refractivity contribution in [3.63, 3.8) is 0 Å². The maximum atomic E-state index is 11.8. The van der Waals surface area contributed by atoms with Crippen LogP contribution in [0.3, 0.4) is 0 Å². The van der Waals surface area contributed by atoms with Crippen molar-refractivity contribution in [3.8, 4) is 0 Å². The van der Waals surface area contributed by atoms with E-state index < -0.39 is 28.7 Å². The van der Waals surface area contributed by atoms with Crippen molar-refractivity contribution in [2.75, 3.05) is 11.5 Å². The van der Waals surface area contributed by atoms with E-state index in [9.17, 15) is 13.8 Å². The number of nitrogens with one attached hydrogen (secondary N) is 1. The molecule has 0 fully saturated rings. The van der Waals surface area contributed by atoms with E-state index in [1.165, 1.54) is 6.92 Å².